The fourth-order valence-corrected chi connectivity index (χ4v) is 1.65. The highest BCUT2D eigenvalue weighted by atomic mass is 35.5. The molecule has 0 spiro atoms. The molecule has 0 aliphatic carbocycles. The van der Waals surface area contributed by atoms with E-state index in [1.807, 2.05) is 0 Å². The minimum Gasteiger partial charge on any atom is -0.368 e. The minimum atomic E-state index is -4.49. The molecule has 1 amide bonds. The van der Waals surface area contributed by atoms with Crippen molar-refractivity contribution in [3.8, 4) is 6.07 Å². The number of nitriles is 1. The summed E-state index contributed by atoms with van der Waals surface area (Å²) in [7, 11) is 0. The molecule has 0 fully saturated rings. The number of hydrogen-bond acceptors (Lipinski definition) is 3. The van der Waals surface area contributed by atoms with E-state index in [1.54, 1.807) is 6.07 Å². The molecule has 0 radical (unpaired) electrons. The normalized spacial score (nSPS) is 10.9. The summed E-state index contributed by atoms with van der Waals surface area (Å²) in [6, 6.07) is 5.53. The summed E-state index contributed by atoms with van der Waals surface area (Å²) < 4.78 is 37.2. The van der Waals surface area contributed by atoms with Gasteiger partial charge in [-0.25, -0.2) is 0 Å². The van der Waals surface area contributed by atoms with Crippen molar-refractivity contribution < 1.29 is 18.0 Å². The van der Waals surface area contributed by atoms with Crippen molar-refractivity contribution in [2.75, 3.05) is 18.0 Å². The van der Waals surface area contributed by atoms with Crippen molar-refractivity contribution in [1.82, 2.24) is 0 Å². The first-order valence-corrected chi connectivity index (χ1v) is 5.40. The first-order chi connectivity index (χ1) is 8.73. The van der Waals surface area contributed by atoms with Crippen LogP contribution in [0.1, 0.15) is 5.56 Å². The zero-order valence-electron chi connectivity index (χ0n) is 9.54. The van der Waals surface area contributed by atoms with Gasteiger partial charge in [-0.2, -0.15) is 18.4 Å². The number of carbonyl (C=O) groups excluding carboxylic acids is 1. The lowest BCUT2D eigenvalue weighted by Crippen LogP contribution is -2.40. The molecule has 4 nitrogen and oxygen atoms in total. The van der Waals surface area contributed by atoms with Crippen LogP contribution in [0.4, 0.5) is 18.9 Å². The van der Waals surface area contributed by atoms with E-state index >= 15 is 0 Å². The molecule has 8 heteroatoms. The Morgan fingerprint density at radius 3 is 2.53 bits per heavy atom. The first kappa shape index (κ1) is 15.1. The van der Waals surface area contributed by atoms with Gasteiger partial charge in [0, 0.05) is 5.69 Å². The van der Waals surface area contributed by atoms with Crippen LogP contribution in [0.15, 0.2) is 18.2 Å². The first-order valence-electron chi connectivity index (χ1n) is 5.02. The highest BCUT2D eigenvalue weighted by Gasteiger charge is 2.31. The van der Waals surface area contributed by atoms with Crippen LogP contribution in [-0.4, -0.2) is 25.2 Å². The summed E-state index contributed by atoms with van der Waals surface area (Å²) in [5.74, 6) is -0.898. The summed E-state index contributed by atoms with van der Waals surface area (Å²) in [5.41, 5.74) is 5.12. The van der Waals surface area contributed by atoms with Crippen LogP contribution in [0.3, 0.4) is 0 Å². The van der Waals surface area contributed by atoms with Crippen molar-refractivity contribution in [3.05, 3.63) is 28.8 Å². The third-order valence-electron chi connectivity index (χ3n) is 2.16. The standard InChI is InChI=1S/C11H9ClF3N3O/c12-9-3-8(2-1-7(9)4-16)18(5-10(17)19)6-11(13,14)15/h1-3H,5-6H2,(H2,17,19). The van der Waals surface area contributed by atoms with Crippen LogP contribution < -0.4 is 10.6 Å². The second-order valence-electron chi connectivity index (χ2n) is 3.71. The molecule has 0 bridgehead atoms. The molecule has 0 aromatic heterocycles. The molecular formula is C11H9ClF3N3O. The molecular weight excluding hydrogens is 283 g/mol. The quantitative estimate of drug-likeness (QED) is 0.923. The lowest BCUT2D eigenvalue weighted by Gasteiger charge is -2.24. The molecule has 2 N–H and O–H groups in total. The maximum atomic E-state index is 12.4. The molecule has 102 valence electrons. The van der Waals surface area contributed by atoms with Crippen LogP contribution in [0.5, 0.6) is 0 Å². The van der Waals surface area contributed by atoms with Gasteiger partial charge >= 0.3 is 6.18 Å². The molecule has 0 unspecified atom stereocenters. The molecule has 0 heterocycles. The molecule has 0 saturated heterocycles. The van der Waals surface area contributed by atoms with E-state index < -0.39 is 25.2 Å². The lowest BCUT2D eigenvalue weighted by atomic mass is 10.2. The summed E-state index contributed by atoms with van der Waals surface area (Å²) in [5, 5.41) is 8.69. The monoisotopic (exact) mass is 291 g/mol. The van der Waals surface area contributed by atoms with Gasteiger partial charge in [-0.05, 0) is 18.2 Å². The molecule has 0 aliphatic rings. The highest BCUT2D eigenvalue weighted by molar-refractivity contribution is 6.32. The smallest absolute Gasteiger partial charge is 0.368 e. The zero-order valence-corrected chi connectivity index (χ0v) is 10.3. The SMILES string of the molecule is N#Cc1ccc(N(CC(N)=O)CC(F)(F)F)cc1Cl. The van der Waals surface area contributed by atoms with Crippen LogP contribution in [0.25, 0.3) is 0 Å². The number of anilines is 1. The Morgan fingerprint density at radius 1 is 1.47 bits per heavy atom. The Hall–Kier alpha value is -1.94. The third kappa shape index (κ3) is 4.67. The highest BCUT2D eigenvalue weighted by Crippen LogP contribution is 2.26. The predicted molar refractivity (Wildman–Crippen MR) is 63.6 cm³/mol. The summed E-state index contributed by atoms with van der Waals surface area (Å²) in [6.07, 6.45) is -4.49. The van der Waals surface area contributed by atoms with Gasteiger partial charge in [-0.15, -0.1) is 0 Å². The lowest BCUT2D eigenvalue weighted by molar-refractivity contribution is -0.122. The maximum absolute atomic E-state index is 12.4. The number of nitrogens with two attached hydrogens (primary N) is 1. The zero-order chi connectivity index (χ0) is 14.6. The van der Waals surface area contributed by atoms with Gasteiger partial charge in [-0.3, -0.25) is 4.79 Å². The van der Waals surface area contributed by atoms with Crippen molar-refractivity contribution in [2.24, 2.45) is 5.73 Å². The topological polar surface area (TPSA) is 70.1 Å². The van der Waals surface area contributed by atoms with Crippen LogP contribution in [0.2, 0.25) is 5.02 Å². The number of amides is 1. The van der Waals surface area contributed by atoms with Crippen molar-refractivity contribution in [1.29, 1.82) is 5.26 Å². The Morgan fingerprint density at radius 2 is 2.11 bits per heavy atom. The molecule has 19 heavy (non-hydrogen) atoms. The van der Waals surface area contributed by atoms with E-state index in [0.717, 1.165) is 4.90 Å². The van der Waals surface area contributed by atoms with Crippen LogP contribution >= 0.6 is 11.6 Å². The second-order valence-corrected chi connectivity index (χ2v) is 4.12. The molecule has 0 saturated carbocycles. The molecule has 1 aromatic carbocycles. The molecule has 1 aromatic rings. The number of rotatable bonds is 4. The fourth-order valence-electron chi connectivity index (χ4n) is 1.43. The summed E-state index contributed by atoms with van der Waals surface area (Å²) in [4.78, 5) is 11.6. The number of nitrogens with zero attached hydrogens (tertiary/aromatic N) is 2. The molecule has 0 aliphatic heterocycles. The van der Waals surface area contributed by atoms with Crippen molar-refractivity contribution in [3.63, 3.8) is 0 Å². The average Bonchev–Trinajstić information content (AvgIpc) is 2.25. The predicted octanol–water partition coefficient (Wildman–Crippen LogP) is 2.07. The van der Waals surface area contributed by atoms with Gasteiger partial charge in [0.05, 0.1) is 17.1 Å². The van der Waals surface area contributed by atoms with Gasteiger partial charge in [0.15, 0.2) is 0 Å². The van der Waals surface area contributed by atoms with Crippen LogP contribution in [0, 0.1) is 11.3 Å². The Balaban J connectivity index is 3.07. The third-order valence-corrected chi connectivity index (χ3v) is 2.47. The second kappa shape index (κ2) is 5.80. The van der Waals surface area contributed by atoms with E-state index in [-0.39, 0.29) is 16.3 Å². The Kier molecular flexibility index (Phi) is 4.62. The number of halogens is 4. The van der Waals surface area contributed by atoms with E-state index in [2.05, 4.69) is 0 Å². The Bertz CT molecular complexity index is 525. The van der Waals surface area contributed by atoms with Gasteiger partial charge in [0.25, 0.3) is 0 Å². The largest absolute Gasteiger partial charge is 0.405 e. The van der Waals surface area contributed by atoms with Gasteiger partial charge in [-0.1, -0.05) is 11.6 Å². The van der Waals surface area contributed by atoms with Gasteiger partial charge in [0.1, 0.15) is 12.6 Å². The van der Waals surface area contributed by atoms with E-state index in [4.69, 9.17) is 22.6 Å². The van der Waals surface area contributed by atoms with Gasteiger partial charge < -0.3 is 10.6 Å². The number of hydrogen-bond donors (Lipinski definition) is 1. The summed E-state index contributed by atoms with van der Waals surface area (Å²) >= 11 is 5.73. The minimum absolute atomic E-state index is 0.0108. The number of benzene rings is 1. The number of primary amides is 1. The maximum Gasteiger partial charge on any atom is 0.405 e. The number of alkyl halides is 3. The van der Waals surface area contributed by atoms with E-state index in [0.29, 0.717) is 0 Å². The molecule has 1 rings (SSSR count). The number of carbonyl (C=O) groups is 1. The van der Waals surface area contributed by atoms with E-state index in [9.17, 15) is 18.0 Å². The average molecular weight is 292 g/mol. The molecule has 0 atom stereocenters. The van der Waals surface area contributed by atoms with Crippen molar-refractivity contribution in [2.45, 2.75) is 6.18 Å². The Labute approximate surface area is 112 Å². The van der Waals surface area contributed by atoms with Gasteiger partial charge in [0.2, 0.25) is 5.91 Å². The summed E-state index contributed by atoms with van der Waals surface area (Å²) in [6.45, 7) is -1.93. The van der Waals surface area contributed by atoms with E-state index in [1.165, 1.54) is 18.2 Å². The van der Waals surface area contributed by atoms with Crippen molar-refractivity contribution >= 4 is 23.2 Å². The van der Waals surface area contributed by atoms with Crippen LogP contribution in [-0.2, 0) is 4.79 Å². The fraction of sp³-hybridized carbons (Fsp3) is 0.273.